The van der Waals surface area contributed by atoms with E-state index in [-0.39, 0.29) is 6.04 Å². The fraction of sp³-hybridized carbons (Fsp3) is 0.333. The number of hydrogen-bond acceptors (Lipinski definition) is 4. The van der Waals surface area contributed by atoms with Crippen LogP contribution in [0.4, 0.5) is 0 Å². The van der Waals surface area contributed by atoms with E-state index in [2.05, 4.69) is 22.2 Å². The summed E-state index contributed by atoms with van der Waals surface area (Å²) in [4.78, 5) is 8.28. The van der Waals surface area contributed by atoms with Crippen LogP contribution in [0, 0.1) is 6.92 Å². The third kappa shape index (κ3) is 2.67. The second-order valence-corrected chi connectivity index (χ2v) is 3.75. The van der Waals surface area contributed by atoms with E-state index in [1.807, 2.05) is 19.1 Å². The van der Waals surface area contributed by atoms with Crippen molar-refractivity contribution >= 4 is 0 Å². The van der Waals surface area contributed by atoms with Crippen LogP contribution in [0.5, 0.6) is 0 Å². The fourth-order valence-electron chi connectivity index (χ4n) is 1.47. The molecule has 0 fully saturated rings. The summed E-state index contributed by atoms with van der Waals surface area (Å²) in [7, 11) is 0. The van der Waals surface area contributed by atoms with Crippen LogP contribution in [-0.2, 0) is 6.54 Å². The van der Waals surface area contributed by atoms with Gasteiger partial charge in [0.2, 0.25) is 0 Å². The van der Waals surface area contributed by atoms with Gasteiger partial charge in [-0.15, -0.1) is 0 Å². The zero-order valence-electron chi connectivity index (χ0n) is 9.47. The van der Waals surface area contributed by atoms with Gasteiger partial charge in [0, 0.05) is 24.6 Å². The summed E-state index contributed by atoms with van der Waals surface area (Å²) in [5, 5.41) is 3.33. The van der Waals surface area contributed by atoms with Crippen LogP contribution in [0.3, 0.4) is 0 Å². The van der Waals surface area contributed by atoms with Crippen molar-refractivity contribution < 1.29 is 4.42 Å². The molecule has 4 nitrogen and oxygen atoms in total. The lowest BCUT2D eigenvalue weighted by Gasteiger charge is -2.11. The molecule has 0 aliphatic carbocycles. The summed E-state index contributed by atoms with van der Waals surface area (Å²) in [6, 6.07) is 4.11. The Kier molecular flexibility index (Phi) is 3.31. The van der Waals surface area contributed by atoms with Crippen molar-refractivity contribution in [3.8, 4) is 0 Å². The molecule has 1 atom stereocenters. The van der Waals surface area contributed by atoms with Gasteiger partial charge in [0.05, 0.1) is 12.2 Å². The van der Waals surface area contributed by atoms with Gasteiger partial charge in [0.25, 0.3) is 0 Å². The molecule has 0 spiro atoms. The maximum absolute atomic E-state index is 5.47. The van der Waals surface area contributed by atoms with Crippen LogP contribution in [0.15, 0.2) is 35.1 Å². The Morgan fingerprint density at radius 1 is 1.38 bits per heavy atom. The molecule has 84 valence electrons. The number of nitrogens with zero attached hydrogens (tertiary/aromatic N) is 2. The lowest BCUT2D eigenvalue weighted by molar-refractivity contribution is 0.441. The predicted octanol–water partition coefficient (Wildman–Crippen LogP) is 2.23. The molecule has 2 aromatic heterocycles. The molecule has 2 heterocycles. The maximum atomic E-state index is 5.47. The molecule has 2 aromatic rings. The summed E-state index contributed by atoms with van der Waals surface area (Å²) in [5.41, 5.74) is 0.936. The number of aromatic nitrogens is 2. The predicted molar refractivity (Wildman–Crippen MR) is 60.7 cm³/mol. The van der Waals surface area contributed by atoms with E-state index in [1.165, 1.54) is 0 Å². The summed E-state index contributed by atoms with van der Waals surface area (Å²) >= 11 is 0. The Balaban J connectivity index is 1.91. The summed E-state index contributed by atoms with van der Waals surface area (Å²) in [6.07, 6.45) is 5.14. The summed E-state index contributed by atoms with van der Waals surface area (Å²) in [6.45, 7) is 4.70. The van der Waals surface area contributed by atoms with Crippen molar-refractivity contribution in [2.45, 2.75) is 26.4 Å². The maximum Gasteiger partial charge on any atom is 0.117 e. The number of rotatable bonds is 4. The van der Waals surface area contributed by atoms with Crippen molar-refractivity contribution in [3.63, 3.8) is 0 Å². The third-order valence-electron chi connectivity index (χ3n) is 2.41. The molecule has 1 N–H and O–H groups in total. The van der Waals surface area contributed by atoms with Crippen LogP contribution < -0.4 is 5.32 Å². The largest absolute Gasteiger partial charge is 0.465 e. The molecule has 1 unspecified atom stereocenters. The second-order valence-electron chi connectivity index (χ2n) is 3.75. The topological polar surface area (TPSA) is 51.0 Å². The molecule has 0 aliphatic heterocycles. The van der Waals surface area contributed by atoms with E-state index >= 15 is 0 Å². The van der Waals surface area contributed by atoms with E-state index < -0.39 is 0 Å². The first kappa shape index (κ1) is 10.8. The second kappa shape index (κ2) is 4.90. The molecule has 16 heavy (non-hydrogen) atoms. The van der Waals surface area contributed by atoms with Gasteiger partial charge in [0.1, 0.15) is 11.5 Å². The first-order chi connectivity index (χ1) is 7.75. The van der Waals surface area contributed by atoms with E-state index in [9.17, 15) is 0 Å². The van der Waals surface area contributed by atoms with Gasteiger partial charge in [-0.3, -0.25) is 9.97 Å². The minimum Gasteiger partial charge on any atom is -0.465 e. The molecule has 2 rings (SSSR count). The van der Waals surface area contributed by atoms with Crippen LogP contribution in [0.25, 0.3) is 0 Å². The number of furan rings is 1. The van der Waals surface area contributed by atoms with Crippen LogP contribution in [-0.4, -0.2) is 9.97 Å². The lowest BCUT2D eigenvalue weighted by Crippen LogP contribution is -2.18. The monoisotopic (exact) mass is 217 g/mol. The van der Waals surface area contributed by atoms with Gasteiger partial charge in [-0.25, -0.2) is 0 Å². The Hall–Kier alpha value is -1.68. The number of hydrogen-bond donors (Lipinski definition) is 1. The van der Waals surface area contributed by atoms with Crippen molar-refractivity contribution in [2.24, 2.45) is 0 Å². The molecular formula is C12H15N3O. The minimum atomic E-state index is 0.166. The zero-order chi connectivity index (χ0) is 11.4. The van der Waals surface area contributed by atoms with Gasteiger partial charge < -0.3 is 9.73 Å². The van der Waals surface area contributed by atoms with Crippen molar-refractivity contribution in [1.82, 2.24) is 15.3 Å². The highest BCUT2D eigenvalue weighted by molar-refractivity contribution is 5.06. The first-order valence-corrected chi connectivity index (χ1v) is 5.30. The third-order valence-corrected chi connectivity index (χ3v) is 2.41. The first-order valence-electron chi connectivity index (χ1n) is 5.30. The Bertz CT molecular complexity index is 439. The van der Waals surface area contributed by atoms with Crippen LogP contribution in [0.1, 0.15) is 30.2 Å². The molecule has 0 saturated carbocycles. The number of aryl methyl sites for hydroxylation is 1. The normalized spacial score (nSPS) is 12.6. The number of nitrogens with one attached hydrogen (secondary N) is 1. The highest BCUT2D eigenvalue weighted by Gasteiger charge is 2.07. The fourth-order valence-corrected chi connectivity index (χ4v) is 1.47. The Labute approximate surface area is 94.7 Å². The minimum absolute atomic E-state index is 0.166. The average molecular weight is 217 g/mol. The van der Waals surface area contributed by atoms with Crippen LogP contribution in [0.2, 0.25) is 0 Å². The van der Waals surface area contributed by atoms with E-state index in [0.717, 1.165) is 17.2 Å². The molecule has 0 radical (unpaired) electrons. The van der Waals surface area contributed by atoms with Gasteiger partial charge in [0.15, 0.2) is 0 Å². The smallest absolute Gasteiger partial charge is 0.117 e. The van der Waals surface area contributed by atoms with E-state index in [4.69, 9.17) is 4.42 Å². The van der Waals surface area contributed by atoms with Gasteiger partial charge in [-0.05, 0) is 26.0 Å². The van der Waals surface area contributed by atoms with Crippen molar-refractivity contribution in [2.75, 3.05) is 0 Å². The molecule has 0 aromatic carbocycles. The standard InChI is InChI=1S/C12H15N3O/c1-9-3-4-11(16-9)7-15-10(2)12-8-13-5-6-14-12/h3-6,8,10,15H,7H2,1-2H3. The molecule has 4 heteroatoms. The molecule has 0 amide bonds. The highest BCUT2D eigenvalue weighted by atomic mass is 16.3. The van der Waals surface area contributed by atoms with E-state index in [1.54, 1.807) is 18.6 Å². The van der Waals surface area contributed by atoms with Crippen molar-refractivity contribution in [1.29, 1.82) is 0 Å². The van der Waals surface area contributed by atoms with Crippen molar-refractivity contribution in [3.05, 3.63) is 47.9 Å². The molecule has 0 bridgehead atoms. The molecule has 0 aliphatic rings. The quantitative estimate of drug-likeness (QED) is 0.853. The SMILES string of the molecule is Cc1ccc(CNC(C)c2cnccn2)o1. The Morgan fingerprint density at radius 3 is 2.88 bits per heavy atom. The summed E-state index contributed by atoms with van der Waals surface area (Å²) in [5.74, 6) is 1.87. The molecular weight excluding hydrogens is 202 g/mol. The summed E-state index contributed by atoms with van der Waals surface area (Å²) < 4.78 is 5.47. The average Bonchev–Trinajstić information content (AvgIpc) is 2.73. The lowest BCUT2D eigenvalue weighted by atomic mass is 10.2. The van der Waals surface area contributed by atoms with E-state index in [0.29, 0.717) is 6.54 Å². The molecule has 0 saturated heterocycles. The van der Waals surface area contributed by atoms with Gasteiger partial charge >= 0.3 is 0 Å². The zero-order valence-corrected chi connectivity index (χ0v) is 9.47. The van der Waals surface area contributed by atoms with Gasteiger partial charge in [-0.2, -0.15) is 0 Å². The van der Waals surface area contributed by atoms with Crippen LogP contribution >= 0.6 is 0 Å². The van der Waals surface area contributed by atoms with Gasteiger partial charge in [-0.1, -0.05) is 0 Å². The Morgan fingerprint density at radius 2 is 2.25 bits per heavy atom. The highest BCUT2D eigenvalue weighted by Crippen LogP contribution is 2.10.